The van der Waals surface area contributed by atoms with Gasteiger partial charge in [0.1, 0.15) is 5.54 Å². The van der Waals surface area contributed by atoms with E-state index in [0.29, 0.717) is 39.0 Å². The number of likely N-dealkylation sites (tertiary alicyclic amines) is 1. The Kier molecular flexibility index (Phi) is 6.46. The van der Waals surface area contributed by atoms with Gasteiger partial charge in [0.25, 0.3) is 11.8 Å². The van der Waals surface area contributed by atoms with Crippen molar-refractivity contribution in [3.8, 4) is 0 Å². The van der Waals surface area contributed by atoms with Gasteiger partial charge in [-0.3, -0.25) is 14.5 Å². The monoisotopic (exact) mass is 449 g/mol. The zero-order chi connectivity index (χ0) is 22.9. The van der Waals surface area contributed by atoms with Gasteiger partial charge in [-0.25, -0.2) is 13.6 Å². The van der Waals surface area contributed by atoms with Crippen molar-refractivity contribution < 1.29 is 27.9 Å². The first-order valence-electron chi connectivity index (χ1n) is 11.4. The molecular formula is C23H29F2N3O4. The number of hydrogen-bond donors (Lipinski definition) is 1. The molecule has 3 aliphatic heterocycles. The number of carbonyl (C=O) groups is 3. The lowest BCUT2D eigenvalue weighted by molar-refractivity contribution is -0.135. The van der Waals surface area contributed by atoms with Crippen LogP contribution in [0.5, 0.6) is 0 Å². The van der Waals surface area contributed by atoms with E-state index < -0.39 is 17.2 Å². The summed E-state index contributed by atoms with van der Waals surface area (Å²) < 4.78 is 32.3. The second kappa shape index (κ2) is 9.13. The number of rotatable bonds is 6. The molecule has 2 atom stereocenters. The highest BCUT2D eigenvalue weighted by Gasteiger charge is 2.55. The maximum Gasteiger partial charge on any atom is 0.325 e. The number of halogens is 2. The number of imide groups is 1. The molecule has 3 saturated heterocycles. The molecule has 174 valence electrons. The molecule has 0 bridgehead atoms. The summed E-state index contributed by atoms with van der Waals surface area (Å²) in [6.07, 6.45) is 3.98. The van der Waals surface area contributed by atoms with E-state index in [-0.39, 0.29) is 42.0 Å². The molecule has 3 heterocycles. The van der Waals surface area contributed by atoms with E-state index in [9.17, 15) is 23.2 Å². The molecule has 32 heavy (non-hydrogen) atoms. The van der Waals surface area contributed by atoms with E-state index in [2.05, 4.69) is 5.32 Å². The van der Waals surface area contributed by atoms with Crippen LogP contribution in [0.25, 0.3) is 0 Å². The van der Waals surface area contributed by atoms with Crippen molar-refractivity contribution in [3.63, 3.8) is 0 Å². The summed E-state index contributed by atoms with van der Waals surface area (Å²) >= 11 is 0. The quantitative estimate of drug-likeness (QED) is 0.677. The highest BCUT2D eigenvalue weighted by atomic mass is 19.2. The average Bonchev–Trinajstić information content (AvgIpc) is 3.39. The summed E-state index contributed by atoms with van der Waals surface area (Å²) in [5, 5.41) is 2.99. The lowest BCUT2D eigenvalue weighted by Crippen LogP contribution is -2.56. The summed E-state index contributed by atoms with van der Waals surface area (Å²) in [5.41, 5.74) is -0.875. The summed E-state index contributed by atoms with van der Waals surface area (Å²) in [6.45, 7) is 3.65. The predicted molar refractivity (Wildman–Crippen MR) is 112 cm³/mol. The normalized spacial score (nSPS) is 26.7. The lowest BCUT2D eigenvalue weighted by atomic mass is 9.74. The molecule has 0 radical (unpaired) electrons. The molecule has 2 unspecified atom stereocenters. The Morgan fingerprint density at radius 2 is 1.94 bits per heavy atom. The van der Waals surface area contributed by atoms with Gasteiger partial charge < -0.3 is 15.0 Å². The van der Waals surface area contributed by atoms with Crippen LogP contribution in [-0.2, 0) is 9.53 Å². The minimum absolute atomic E-state index is 0.0959. The molecule has 4 rings (SSSR count). The Hall–Kier alpha value is -2.55. The summed E-state index contributed by atoms with van der Waals surface area (Å²) in [6, 6.07) is 2.75. The molecule has 0 aromatic heterocycles. The topological polar surface area (TPSA) is 79.0 Å². The van der Waals surface area contributed by atoms with E-state index in [1.165, 1.54) is 11.0 Å². The maximum atomic E-state index is 13.5. The van der Waals surface area contributed by atoms with Gasteiger partial charge >= 0.3 is 6.03 Å². The lowest BCUT2D eigenvalue weighted by Gasteiger charge is -2.41. The van der Waals surface area contributed by atoms with Crippen molar-refractivity contribution in [2.24, 2.45) is 5.92 Å². The SMILES string of the molecule is CCCC1(C2CCN(C(=O)c3ccc(F)c(F)c3)CC2)NC(=O)N(CC2CCCO2)C1=O. The molecule has 0 aliphatic carbocycles. The third-order valence-electron chi connectivity index (χ3n) is 6.90. The van der Waals surface area contributed by atoms with Crippen molar-refractivity contribution >= 4 is 17.8 Å². The van der Waals surface area contributed by atoms with Crippen molar-refractivity contribution in [2.75, 3.05) is 26.2 Å². The van der Waals surface area contributed by atoms with E-state index in [1.807, 2.05) is 6.92 Å². The predicted octanol–water partition coefficient (Wildman–Crippen LogP) is 3.09. The molecule has 1 N–H and O–H groups in total. The summed E-state index contributed by atoms with van der Waals surface area (Å²) in [4.78, 5) is 41.8. The summed E-state index contributed by atoms with van der Waals surface area (Å²) in [5.74, 6) is -2.73. The standard InChI is InChI=1S/C23H29F2N3O4/c1-2-9-23(21(30)28(22(31)26-23)14-17-4-3-12-32-17)16-7-10-27(11-8-16)20(29)15-5-6-18(24)19(25)13-15/h5-6,13,16-17H,2-4,7-12,14H2,1H3,(H,26,31). The number of carbonyl (C=O) groups excluding carboxylic acids is 3. The van der Waals surface area contributed by atoms with Crippen molar-refractivity contribution in [3.05, 3.63) is 35.4 Å². The number of ether oxygens (including phenoxy) is 1. The van der Waals surface area contributed by atoms with Crippen LogP contribution in [0.3, 0.4) is 0 Å². The van der Waals surface area contributed by atoms with Gasteiger partial charge in [0.15, 0.2) is 11.6 Å². The molecular weight excluding hydrogens is 420 g/mol. The van der Waals surface area contributed by atoms with E-state index >= 15 is 0 Å². The third kappa shape index (κ3) is 4.10. The van der Waals surface area contributed by atoms with Crippen LogP contribution in [0.4, 0.5) is 13.6 Å². The number of benzene rings is 1. The van der Waals surface area contributed by atoms with Crippen LogP contribution in [0.2, 0.25) is 0 Å². The first-order valence-corrected chi connectivity index (χ1v) is 11.4. The highest BCUT2D eigenvalue weighted by molar-refractivity contribution is 6.07. The molecule has 4 amide bonds. The van der Waals surface area contributed by atoms with E-state index in [1.54, 1.807) is 4.90 Å². The number of urea groups is 1. The van der Waals surface area contributed by atoms with Gasteiger partial charge in [-0.05, 0) is 56.2 Å². The van der Waals surface area contributed by atoms with Crippen molar-refractivity contribution in [2.45, 2.75) is 57.1 Å². The number of piperidine rings is 1. The largest absolute Gasteiger partial charge is 0.376 e. The van der Waals surface area contributed by atoms with Gasteiger partial charge in [0.2, 0.25) is 0 Å². The minimum atomic E-state index is -1.06. The zero-order valence-corrected chi connectivity index (χ0v) is 18.2. The van der Waals surface area contributed by atoms with Gasteiger partial charge in [0.05, 0.1) is 12.6 Å². The first kappa shape index (κ1) is 22.6. The fourth-order valence-electron chi connectivity index (χ4n) is 5.23. The van der Waals surface area contributed by atoms with Gasteiger partial charge in [-0.2, -0.15) is 0 Å². The second-order valence-corrected chi connectivity index (χ2v) is 8.90. The van der Waals surface area contributed by atoms with Crippen LogP contribution < -0.4 is 5.32 Å². The Morgan fingerprint density at radius 3 is 2.56 bits per heavy atom. The van der Waals surface area contributed by atoms with Crippen LogP contribution in [-0.4, -0.2) is 65.5 Å². The number of nitrogens with zero attached hydrogens (tertiary/aromatic N) is 2. The van der Waals surface area contributed by atoms with Crippen LogP contribution >= 0.6 is 0 Å². The molecule has 1 aromatic rings. The molecule has 3 aliphatic rings. The smallest absolute Gasteiger partial charge is 0.325 e. The Morgan fingerprint density at radius 1 is 1.19 bits per heavy atom. The average molecular weight is 449 g/mol. The Balaban J connectivity index is 1.45. The van der Waals surface area contributed by atoms with E-state index in [4.69, 9.17) is 4.74 Å². The maximum absolute atomic E-state index is 13.5. The van der Waals surface area contributed by atoms with Crippen LogP contribution in [0.1, 0.15) is 55.8 Å². The molecule has 1 aromatic carbocycles. The number of nitrogens with one attached hydrogen (secondary N) is 1. The first-order chi connectivity index (χ1) is 15.4. The van der Waals surface area contributed by atoms with Crippen LogP contribution in [0.15, 0.2) is 18.2 Å². The Labute approximate surface area is 186 Å². The van der Waals surface area contributed by atoms with Crippen LogP contribution in [0, 0.1) is 17.6 Å². The van der Waals surface area contributed by atoms with Gasteiger partial charge in [-0.15, -0.1) is 0 Å². The number of hydrogen-bond acceptors (Lipinski definition) is 4. The zero-order valence-electron chi connectivity index (χ0n) is 18.2. The molecule has 7 nitrogen and oxygen atoms in total. The Bertz CT molecular complexity index is 897. The fraction of sp³-hybridized carbons (Fsp3) is 0.609. The van der Waals surface area contributed by atoms with Gasteiger partial charge in [-0.1, -0.05) is 13.3 Å². The molecule has 0 spiro atoms. The molecule has 0 saturated carbocycles. The highest BCUT2D eigenvalue weighted by Crippen LogP contribution is 2.37. The fourth-order valence-corrected chi connectivity index (χ4v) is 5.23. The minimum Gasteiger partial charge on any atom is -0.376 e. The summed E-state index contributed by atoms with van der Waals surface area (Å²) in [7, 11) is 0. The number of amides is 4. The second-order valence-electron chi connectivity index (χ2n) is 8.90. The van der Waals surface area contributed by atoms with Crippen molar-refractivity contribution in [1.29, 1.82) is 0 Å². The van der Waals surface area contributed by atoms with E-state index in [0.717, 1.165) is 31.4 Å². The van der Waals surface area contributed by atoms with Gasteiger partial charge in [0, 0.05) is 25.3 Å². The molecule has 9 heteroatoms. The molecule has 3 fully saturated rings. The van der Waals surface area contributed by atoms with Crippen molar-refractivity contribution in [1.82, 2.24) is 15.1 Å². The third-order valence-corrected chi connectivity index (χ3v) is 6.90.